The lowest BCUT2D eigenvalue weighted by molar-refractivity contribution is -0.274. The molecule has 0 spiro atoms. The molecular weight excluding hydrogens is 359 g/mol. The molecule has 1 N–H and O–H groups in total. The molecule has 3 rings (SSSR count). The van der Waals surface area contributed by atoms with Crippen molar-refractivity contribution < 1.29 is 22.6 Å². The van der Waals surface area contributed by atoms with E-state index in [4.69, 9.17) is 16.3 Å². The number of aromatic amines is 1. The molecule has 132 valence electrons. The van der Waals surface area contributed by atoms with Crippen LogP contribution in [0.3, 0.4) is 0 Å². The van der Waals surface area contributed by atoms with Crippen molar-refractivity contribution >= 4 is 22.8 Å². The highest BCUT2D eigenvalue weighted by Gasteiger charge is 2.31. The summed E-state index contributed by atoms with van der Waals surface area (Å²) >= 11 is 5.91. The Morgan fingerprint density at radius 1 is 1.24 bits per heavy atom. The van der Waals surface area contributed by atoms with E-state index in [1.165, 1.54) is 30.5 Å². The van der Waals surface area contributed by atoms with Crippen LogP contribution in [0.25, 0.3) is 11.2 Å². The number of nitrogens with zero attached hydrogens (tertiary/aromatic N) is 2. The smallest absolute Gasteiger partial charge is 0.406 e. The molecule has 0 aliphatic rings. The molecule has 25 heavy (non-hydrogen) atoms. The predicted octanol–water partition coefficient (Wildman–Crippen LogP) is 4.64. The van der Waals surface area contributed by atoms with E-state index in [9.17, 15) is 13.2 Å². The molecule has 2 heterocycles. The summed E-state index contributed by atoms with van der Waals surface area (Å²) in [5.41, 5.74) is 1.74. The summed E-state index contributed by atoms with van der Waals surface area (Å²) < 4.78 is 46.3. The Morgan fingerprint density at radius 3 is 2.60 bits per heavy atom. The van der Waals surface area contributed by atoms with Gasteiger partial charge in [-0.05, 0) is 30.7 Å². The maximum atomic E-state index is 12.3. The van der Waals surface area contributed by atoms with Crippen LogP contribution in [0.2, 0.25) is 5.02 Å². The Morgan fingerprint density at radius 2 is 1.96 bits per heavy atom. The van der Waals surface area contributed by atoms with Gasteiger partial charge in [0.2, 0.25) is 0 Å². The van der Waals surface area contributed by atoms with Gasteiger partial charge in [-0.3, -0.25) is 0 Å². The van der Waals surface area contributed by atoms with Gasteiger partial charge in [-0.25, -0.2) is 9.97 Å². The molecule has 5 nitrogen and oxygen atoms in total. The number of alkyl halides is 3. The van der Waals surface area contributed by atoms with Gasteiger partial charge < -0.3 is 14.5 Å². The maximum Gasteiger partial charge on any atom is 0.573 e. The Balaban J connectivity index is 1.91. The quantitative estimate of drug-likeness (QED) is 0.710. The van der Waals surface area contributed by atoms with Crippen LogP contribution in [0.1, 0.15) is 24.4 Å². The zero-order valence-corrected chi connectivity index (χ0v) is 13.7. The molecule has 0 saturated heterocycles. The standard InChI is InChI=1S/C16H13ClF3N3O2/c1-2-24-13(9-3-5-11(6-4-9)25-16(18,19)20)15-22-12-7-10(17)8-21-14(12)23-15/h3-8,13H,2H2,1H3,(H,21,22,23). The van der Waals surface area contributed by atoms with Crippen LogP contribution in [0.15, 0.2) is 36.5 Å². The predicted molar refractivity (Wildman–Crippen MR) is 85.5 cm³/mol. The van der Waals surface area contributed by atoms with Crippen LogP contribution in [0.4, 0.5) is 13.2 Å². The molecule has 2 aromatic heterocycles. The third-order valence-corrected chi connectivity index (χ3v) is 3.53. The lowest BCUT2D eigenvalue weighted by Crippen LogP contribution is -2.17. The van der Waals surface area contributed by atoms with Gasteiger partial charge in [-0.2, -0.15) is 0 Å². The summed E-state index contributed by atoms with van der Waals surface area (Å²) in [5.74, 6) is 0.181. The summed E-state index contributed by atoms with van der Waals surface area (Å²) in [7, 11) is 0. The number of pyridine rings is 1. The Labute approximate surface area is 145 Å². The van der Waals surface area contributed by atoms with E-state index in [2.05, 4.69) is 19.7 Å². The highest BCUT2D eigenvalue weighted by molar-refractivity contribution is 6.31. The number of halogens is 4. The van der Waals surface area contributed by atoms with E-state index in [1.54, 1.807) is 6.07 Å². The SMILES string of the molecule is CCOC(c1ccc(OC(F)(F)F)cc1)c1nc2ncc(Cl)cc2[nH]1. The Bertz CT molecular complexity index is 865. The van der Waals surface area contributed by atoms with E-state index in [1.807, 2.05) is 6.92 Å². The minimum absolute atomic E-state index is 0.301. The van der Waals surface area contributed by atoms with Gasteiger partial charge >= 0.3 is 6.36 Å². The van der Waals surface area contributed by atoms with Gasteiger partial charge in [0.25, 0.3) is 0 Å². The van der Waals surface area contributed by atoms with E-state index < -0.39 is 12.5 Å². The molecule has 0 aliphatic heterocycles. The molecule has 1 unspecified atom stereocenters. The van der Waals surface area contributed by atoms with Crippen molar-refractivity contribution in [1.82, 2.24) is 15.0 Å². The van der Waals surface area contributed by atoms with Gasteiger partial charge in [-0.15, -0.1) is 13.2 Å². The maximum absolute atomic E-state index is 12.3. The highest BCUT2D eigenvalue weighted by atomic mass is 35.5. The molecule has 3 aromatic rings. The van der Waals surface area contributed by atoms with Crippen LogP contribution in [-0.4, -0.2) is 27.9 Å². The third kappa shape index (κ3) is 4.21. The summed E-state index contributed by atoms with van der Waals surface area (Å²) in [4.78, 5) is 11.6. The van der Waals surface area contributed by atoms with E-state index in [-0.39, 0.29) is 5.75 Å². The fourth-order valence-electron chi connectivity index (χ4n) is 2.36. The first-order valence-corrected chi connectivity index (χ1v) is 7.72. The number of hydrogen-bond acceptors (Lipinski definition) is 4. The lowest BCUT2D eigenvalue weighted by Gasteiger charge is -2.16. The summed E-state index contributed by atoms with van der Waals surface area (Å²) in [6, 6.07) is 7.13. The zero-order chi connectivity index (χ0) is 18.0. The minimum atomic E-state index is -4.73. The number of hydrogen-bond donors (Lipinski definition) is 1. The molecule has 0 fully saturated rings. The van der Waals surface area contributed by atoms with Crippen molar-refractivity contribution in [2.45, 2.75) is 19.4 Å². The Kier molecular flexibility index (Phi) is 4.82. The number of ether oxygens (including phenoxy) is 2. The fraction of sp³-hybridized carbons (Fsp3) is 0.250. The molecule has 0 amide bonds. The van der Waals surface area contributed by atoms with Crippen molar-refractivity contribution in [3.05, 3.63) is 52.9 Å². The second-order valence-corrected chi connectivity index (χ2v) is 5.54. The largest absolute Gasteiger partial charge is 0.573 e. The van der Waals surface area contributed by atoms with Crippen LogP contribution >= 0.6 is 11.6 Å². The van der Waals surface area contributed by atoms with Crippen LogP contribution in [0.5, 0.6) is 5.75 Å². The molecule has 1 aromatic carbocycles. The van der Waals surface area contributed by atoms with Crippen LogP contribution in [-0.2, 0) is 4.74 Å². The second kappa shape index (κ2) is 6.89. The molecule has 0 aliphatic carbocycles. The van der Waals surface area contributed by atoms with Gasteiger partial charge in [0.15, 0.2) is 5.65 Å². The molecule has 0 bridgehead atoms. The number of benzene rings is 1. The number of rotatable bonds is 5. The van der Waals surface area contributed by atoms with Crippen molar-refractivity contribution in [2.75, 3.05) is 6.61 Å². The van der Waals surface area contributed by atoms with E-state index in [0.29, 0.717) is 34.2 Å². The van der Waals surface area contributed by atoms with Crippen LogP contribution < -0.4 is 4.74 Å². The number of aromatic nitrogens is 3. The van der Waals surface area contributed by atoms with E-state index >= 15 is 0 Å². The number of H-pyrrole nitrogens is 1. The second-order valence-electron chi connectivity index (χ2n) is 5.10. The summed E-state index contributed by atoms with van der Waals surface area (Å²) in [6.45, 7) is 2.20. The normalized spacial score (nSPS) is 13.2. The first kappa shape index (κ1) is 17.5. The number of nitrogens with one attached hydrogen (secondary N) is 1. The molecular formula is C16H13ClF3N3O2. The van der Waals surface area contributed by atoms with Crippen molar-refractivity contribution in [3.8, 4) is 5.75 Å². The van der Waals surface area contributed by atoms with Gasteiger partial charge in [0.1, 0.15) is 17.7 Å². The molecule has 1 atom stereocenters. The zero-order valence-electron chi connectivity index (χ0n) is 13.0. The first-order valence-electron chi connectivity index (χ1n) is 7.34. The van der Waals surface area contributed by atoms with Crippen molar-refractivity contribution in [2.24, 2.45) is 0 Å². The average molecular weight is 372 g/mol. The number of imidazole rings is 1. The van der Waals surface area contributed by atoms with Gasteiger partial charge in [-0.1, -0.05) is 23.7 Å². The van der Waals surface area contributed by atoms with Gasteiger partial charge in [0, 0.05) is 12.8 Å². The lowest BCUT2D eigenvalue weighted by atomic mass is 10.1. The van der Waals surface area contributed by atoms with Gasteiger partial charge in [0.05, 0.1) is 10.5 Å². The number of fused-ring (bicyclic) bond motifs is 1. The Hall–Kier alpha value is -2.32. The minimum Gasteiger partial charge on any atom is -0.406 e. The van der Waals surface area contributed by atoms with Crippen LogP contribution in [0, 0.1) is 0 Å². The van der Waals surface area contributed by atoms with Crippen molar-refractivity contribution in [3.63, 3.8) is 0 Å². The monoisotopic (exact) mass is 371 g/mol. The summed E-state index contributed by atoms with van der Waals surface area (Å²) in [5, 5.41) is 0.462. The first-order chi connectivity index (χ1) is 11.9. The average Bonchev–Trinajstić information content (AvgIpc) is 2.94. The molecule has 9 heteroatoms. The van der Waals surface area contributed by atoms with Crippen molar-refractivity contribution in [1.29, 1.82) is 0 Å². The summed E-state index contributed by atoms with van der Waals surface area (Å²) in [6.07, 6.45) is -3.84. The third-order valence-electron chi connectivity index (χ3n) is 3.32. The van der Waals surface area contributed by atoms with E-state index in [0.717, 1.165) is 0 Å². The highest BCUT2D eigenvalue weighted by Crippen LogP contribution is 2.29. The topological polar surface area (TPSA) is 60.0 Å². The molecule has 0 saturated carbocycles. The fourth-order valence-corrected chi connectivity index (χ4v) is 2.52. The molecule has 0 radical (unpaired) electrons.